The van der Waals surface area contributed by atoms with Crippen molar-refractivity contribution in [2.45, 2.75) is 11.8 Å². The van der Waals surface area contributed by atoms with E-state index in [1.165, 1.54) is 36.4 Å². The van der Waals surface area contributed by atoms with Gasteiger partial charge >= 0.3 is 0 Å². The van der Waals surface area contributed by atoms with Gasteiger partial charge in [0.1, 0.15) is 5.82 Å². The van der Waals surface area contributed by atoms with Gasteiger partial charge in [0.25, 0.3) is 10.0 Å². The Morgan fingerprint density at radius 3 is 2.62 bits per heavy atom. The molecule has 0 bridgehead atoms. The minimum atomic E-state index is -3.77. The second-order valence-corrected chi connectivity index (χ2v) is 6.27. The van der Waals surface area contributed by atoms with E-state index in [0.717, 1.165) is 0 Å². The van der Waals surface area contributed by atoms with Crippen LogP contribution in [0.3, 0.4) is 0 Å². The van der Waals surface area contributed by atoms with Crippen LogP contribution in [0.2, 0.25) is 0 Å². The Morgan fingerprint density at radius 2 is 1.86 bits per heavy atom. The molecule has 2 aromatic rings. The Morgan fingerprint density at radius 1 is 1.10 bits per heavy atom. The first kappa shape index (κ1) is 13.7. The maximum atomic E-state index is 13.2. The monoisotopic (exact) mass is 309 g/mol. The van der Waals surface area contributed by atoms with Crippen molar-refractivity contribution in [2.24, 2.45) is 0 Å². The molecule has 3 rings (SSSR count). The molecule has 0 radical (unpaired) electrons. The Labute approximate surface area is 121 Å². The maximum absolute atomic E-state index is 13.2. The van der Waals surface area contributed by atoms with Crippen LogP contribution in [0, 0.1) is 12.7 Å². The van der Waals surface area contributed by atoms with Gasteiger partial charge in [-0.1, -0.05) is 0 Å². The van der Waals surface area contributed by atoms with Crippen LogP contribution in [0.25, 0.3) is 0 Å². The van der Waals surface area contributed by atoms with Gasteiger partial charge in [-0.3, -0.25) is 4.72 Å². The van der Waals surface area contributed by atoms with Crippen LogP contribution in [-0.2, 0) is 10.0 Å². The molecule has 0 saturated carbocycles. The highest BCUT2D eigenvalue weighted by molar-refractivity contribution is 7.92. The number of benzene rings is 2. The molecular formula is C14H12FNO4S. The lowest BCUT2D eigenvalue weighted by Gasteiger charge is -2.09. The number of hydrogen-bond donors (Lipinski definition) is 1. The second-order valence-electron chi connectivity index (χ2n) is 4.58. The summed E-state index contributed by atoms with van der Waals surface area (Å²) < 4.78 is 50.5. The highest BCUT2D eigenvalue weighted by atomic mass is 32.2. The molecule has 21 heavy (non-hydrogen) atoms. The normalized spacial score (nSPS) is 13.2. The third-order valence-corrected chi connectivity index (χ3v) is 4.44. The zero-order chi connectivity index (χ0) is 15.0. The van der Waals surface area contributed by atoms with Crippen LogP contribution in [0.4, 0.5) is 10.1 Å². The Hall–Kier alpha value is -2.28. The lowest BCUT2D eigenvalue weighted by molar-refractivity contribution is 0.174. The Bertz CT molecular complexity index is 805. The van der Waals surface area contributed by atoms with Gasteiger partial charge in [-0.05, 0) is 42.8 Å². The standard InChI is InChI=1S/C14H12FNO4S/c1-9-6-10(2-4-12(9)15)16-21(17,18)11-3-5-13-14(7-11)20-8-19-13/h2-7,16H,8H2,1H3. The minimum Gasteiger partial charge on any atom is -0.454 e. The largest absolute Gasteiger partial charge is 0.454 e. The van der Waals surface area contributed by atoms with Crippen molar-refractivity contribution >= 4 is 15.7 Å². The van der Waals surface area contributed by atoms with E-state index in [0.29, 0.717) is 22.7 Å². The number of aryl methyl sites for hydroxylation is 1. The summed E-state index contributed by atoms with van der Waals surface area (Å²) in [6.07, 6.45) is 0. The van der Waals surface area contributed by atoms with Gasteiger partial charge in [0.05, 0.1) is 4.90 Å². The van der Waals surface area contributed by atoms with E-state index >= 15 is 0 Å². The van der Waals surface area contributed by atoms with Crippen LogP contribution < -0.4 is 14.2 Å². The van der Waals surface area contributed by atoms with Crippen LogP contribution in [0.1, 0.15) is 5.56 Å². The van der Waals surface area contributed by atoms with Gasteiger partial charge in [-0.15, -0.1) is 0 Å². The van der Waals surface area contributed by atoms with Gasteiger partial charge in [0, 0.05) is 11.8 Å². The zero-order valence-corrected chi connectivity index (χ0v) is 11.9. The van der Waals surface area contributed by atoms with E-state index in [-0.39, 0.29) is 17.5 Å². The molecule has 0 aromatic heterocycles. The van der Waals surface area contributed by atoms with E-state index < -0.39 is 10.0 Å². The van der Waals surface area contributed by atoms with E-state index in [9.17, 15) is 12.8 Å². The number of nitrogens with one attached hydrogen (secondary N) is 1. The molecule has 0 unspecified atom stereocenters. The van der Waals surface area contributed by atoms with Crippen molar-refractivity contribution in [1.29, 1.82) is 0 Å². The van der Waals surface area contributed by atoms with Crippen LogP contribution in [0.5, 0.6) is 11.5 Å². The highest BCUT2D eigenvalue weighted by Crippen LogP contribution is 2.34. The van der Waals surface area contributed by atoms with Crippen molar-refractivity contribution in [1.82, 2.24) is 0 Å². The smallest absolute Gasteiger partial charge is 0.262 e. The molecule has 0 spiro atoms. The fourth-order valence-electron chi connectivity index (χ4n) is 1.97. The molecule has 7 heteroatoms. The van der Waals surface area contributed by atoms with Crippen molar-refractivity contribution < 1.29 is 22.3 Å². The maximum Gasteiger partial charge on any atom is 0.262 e. The molecule has 0 atom stereocenters. The molecule has 1 aliphatic rings. The summed E-state index contributed by atoms with van der Waals surface area (Å²) in [5.74, 6) is 0.501. The summed E-state index contributed by atoms with van der Waals surface area (Å²) in [6, 6.07) is 8.36. The average molecular weight is 309 g/mol. The van der Waals surface area contributed by atoms with Crippen LogP contribution in [0.15, 0.2) is 41.3 Å². The second kappa shape index (κ2) is 4.92. The lowest BCUT2D eigenvalue weighted by Crippen LogP contribution is -2.13. The average Bonchev–Trinajstić information content (AvgIpc) is 2.90. The van der Waals surface area contributed by atoms with Gasteiger partial charge in [-0.2, -0.15) is 0 Å². The van der Waals surface area contributed by atoms with E-state index in [2.05, 4.69) is 4.72 Å². The molecule has 0 fully saturated rings. The third-order valence-electron chi connectivity index (χ3n) is 3.06. The first-order valence-electron chi connectivity index (χ1n) is 6.14. The Balaban J connectivity index is 1.91. The highest BCUT2D eigenvalue weighted by Gasteiger charge is 2.20. The zero-order valence-electron chi connectivity index (χ0n) is 11.1. The summed E-state index contributed by atoms with van der Waals surface area (Å²) in [7, 11) is -3.77. The van der Waals surface area contributed by atoms with Gasteiger partial charge in [-0.25, -0.2) is 12.8 Å². The molecule has 1 N–H and O–H groups in total. The summed E-state index contributed by atoms with van der Waals surface area (Å²) in [5.41, 5.74) is 0.660. The number of rotatable bonds is 3. The van der Waals surface area contributed by atoms with E-state index in [1.807, 2.05) is 0 Å². The fraction of sp³-hybridized carbons (Fsp3) is 0.143. The molecule has 1 aliphatic heterocycles. The molecule has 0 saturated heterocycles. The molecule has 110 valence electrons. The minimum absolute atomic E-state index is 0.0497. The summed E-state index contributed by atoms with van der Waals surface area (Å²) in [5, 5.41) is 0. The molecule has 5 nitrogen and oxygen atoms in total. The molecule has 0 aliphatic carbocycles. The first-order chi connectivity index (χ1) is 9.95. The van der Waals surface area contributed by atoms with Gasteiger partial charge < -0.3 is 9.47 Å². The summed E-state index contributed by atoms with van der Waals surface area (Å²) in [4.78, 5) is 0.0497. The van der Waals surface area contributed by atoms with Crippen LogP contribution in [-0.4, -0.2) is 15.2 Å². The summed E-state index contributed by atoms with van der Waals surface area (Å²) >= 11 is 0. The predicted molar refractivity (Wildman–Crippen MR) is 74.5 cm³/mol. The Kier molecular flexibility index (Phi) is 3.21. The van der Waals surface area contributed by atoms with Crippen LogP contribution >= 0.6 is 0 Å². The first-order valence-corrected chi connectivity index (χ1v) is 7.63. The van der Waals surface area contributed by atoms with Crippen molar-refractivity contribution in [2.75, 3.05) is 11.5 Å². The fourth-order valence-corrected chi connectivity index (χ4v) is 3.03. The third kappa shape index (κ3) is 2.64. The molecule has 2 aromatic carbocycles. The van der Waals surface area contributed by atoms with Crippen molar-refractivity contribution in [3.8, 4) is 11.5 Å². The number of sulfonamides is 1. The summed E-state index contributed by atoms with van der Waals surface area (Å²) in [6.45, 7) is 1.64. The van der Waals surface area contributed by atoms with E-state index in [4.69, 9.17) is 9.47 Å². The number of hydrogen-bond acceptors (Lipinski definition) is 4. The van der Waals surface area contributed by atoms with E-state index in [1.54, 1.807) is 6.92 Å². The van der Waals surface area contributed by atoms with Crippen molar-refractivity contribution in [3.63, 3.8) is 0 Å². The number of fused-ring (bicyclic) bond motifs is 1. The topological polar surface area (TPSA) is 64.6 Å². The molecule has 0 amide bonds. The SMILES string of the molecule is Cc1cc(NS(=O)(=O)c2ccc3c(c2)OCO3)ccc1F. The number of ether oxygens (including phenoxy) is 2. The molecule has 1 heterocycles. The lowest BCUT2D eigenvalue weighted by atomic mass is 10.2. The van der Waals surface area contributed by atoms with Gasteiger partial charge in [0.2, 0.25) is 6.79 Å². The molecular weight excluding hydrogens is 297 g/mol. The number of halogens is 1. The quantitative estimate of drug-likeness (QED) is 0.946. The number of anilines is 1. The van der Waals surface area contributed by atoms with Gasteiger partial charge in [0.15, 0.2) is 11.5 Å². The van der Waals surface area contributed by atoms with Crippen molar-refractivity contribution in [3.05, 3.63) is 47.8 Å². The predicted octanol–water partition coefficient (Wildman–Crippen LogP) is 2.66.